The van der Waals surface area contributed by atoms with Gasteiger partial charge in [0.1, 0.15) is 5.15 Å². The van der Waals surface area contributed by atoms with Crippen molar-refractivity contribution in [3.63, 3.8) is 0 Å². The Hall–Kier alpha value is -0.580. The first-order valence-electron chi connectivity index (χ1n) is 5.60. The summed E-state index contributed by atoms with van der Waals surface area (Å²) in [4.78, 5) is 2.37. The monoisotopic (exact) mass is 243 g/mol. The van der Waals surface area contributed by atoms with Gasteiger partial charge in [-0.3, -0.25) is 9.58 Å². The number of rotatable bonds is 2. The summed E-state index contributed by atoms with van der Waals surface area (Å²) in [6.45, 7) is 7.71. The third-order valence-corrected chi connectivity index (χ3v) is 3.45. The van der Waals surface area contributed by atoms with Crippen LogP contribution in [0.2, 0.25) is 5.15 Å². The van der Waals surface area contributed by atoms with Gasteiger partial charge in [0.2, 0.25) is 0 Å². The van der Waals surface area contributed by atoms with Crippen molar-refractivity contribution in [3.8, 4) is 0 Å². The lowest BCUT2D eigenvalue weighted by Gasteiger charge is -2.30. The van der Waals surface area contributed by atoms with Crippen LogP contribution in [-0.4, -0.2) is 40.5 Å². The first-order valence-corrected chi connectivity index (χ1v) is 5.97. The van der Waals surface area contributed by atoms with Gasteiger partial charge in [-0.1, -0.05) is 11.6 Å². The highest BCUT2D eigenvalue weighted by molar-refractivity contribution is 6.30. The Bertz CT molecular complexity index is 378. The normalized spacial score (nSPS) is 22.6. The van der Waals surface area contributed by atoms with Gasteiger partial charge in [-0.05, 0) is 13.8 Å². The highest BCUT2D eigenvalue weighted by atomic mass is 35.5. The predicted molar refractivity (Wildman–Crippen MR) is 63.6 cm³/mol. The first-order chi connectivity index (χ1) is 7.58. The van der Waals surface area contributed by atoms with Crippen molar-refractivity contribution in [3.05, 3.63) is 16.4 Å². The van der Waals surface area contributed by atoms with Crippen LogP contribution < -0.4 is 0 Å². The summed E-state index contributed by atoms with van der Waals surface area (Å²) in [5.74, 6) is 0. The van der Waals surface area contributed by atoms with E-state index in [9.17, 15) is 0 Å². The number of aryl methyl sites for hydroxylation is 2. The van der Waals surface area contributed by atoms with Crippen LogP contribution in [0.15, 0.2) is 0 Å². The number of nitrogens with zero attached hydrogens (tertiary/aromatic N) is 3. The smallest absolute Gasteiger partial charge is 0.131 e. The van der Waals surface area contributed by atoms with Gasteiger partial charge in [-0.15, -0.1) is 0 Å². The molecule has 1 aromatic heterocycles. The second kappa shape index (κ2) is 4.73. The molecule has 0 aliphatic carbocycles. The van der Waals surface area contributed by atoms with E-state index in [0.29, 0.717) is 6.10 Å². The molecule has 1 fully saturated rings. The third-order valence-electron chi connectivity index (χ3n) is 2.98. The van der Waals surface area contributed by atoms with Gasteiger partial charge < -0.3 is 4.74 Å². The molecule has 0 spiro atoms. The minimum absolute atomic E-state index is 0.310. The summed E-state index contributed by atoms with van der Waals surface area (Å²) in [5, 5.41) is 5.07. The van der Waals surface area contributed by atoms with Crippen LogP contribution in [0.1, 0.15) is 18.2 Å². The van der Waals surface area contributed by atoms with E-state index in [-0.39, 0.29) is 0 Å². The lowest BCUT2D eigenvalue weighted by atomic mass is 10.2. The van der Waals surface area contributed by atoms with Crippen LogP contribution in [0, 0.1) is 6.92 Å². The fraction of sp³-hybridized carbons (Fsp3) is 0.727. The van der Waals surface area contributed by atoms with Gasteiger partial charge in [0.15, 0.2) is 0 Å². The number of ether oxygens (including phenoxy) is 1. The largest absolute Gasteiger partial charge is 0.376 e. The number of morpholine rings is 1. The zero-order valence-electron chi connectivity index (χ0n) is 10.0. The predicted octanol–water partition coefficient (Wildman–Crippen LogP) is 1.60. The summed E-state index contributed by atoms with van der Waals surface area (Å²) in [6.07, 6.45) is 0.310. The third kappa shape index (κ3) is 2.39. The van der Waals surface area contributed by atoms with Crippen molar-refractivity contribution in [2.75, 3.05) is 19.7 Å². The van der Waals surface area contributed by atoms with E-state index in [1.54, 1.807) is 4.68 Å². The summed E-state index contributed by atoms with van der Waals surface area (Å²) in [6, 6.07) is 0. The number of hydrogen-bond acceptors (Lipinski definition) is 3. The highest BCUT2D eigenvalue weighted by Gasteiger charge is 2.20. The molecule has 2 rings (SSSR count). The molecule has 0 radical (unpaired) electrons. The van der Waals surface area contributed by atoms with E-state index < -0.39 is 0 Å². The van der Waals surface area contributed by atoms with Crippen molar-refractivity contribution in [2.45, 2.75) is 26.5 Å². The average Bonchev–Trinajstić information content (AvgIpc) is 2.45. The summed E-state index contributed by atoms with van der Waals surface area (Å²) < 4.78 is 7.25. The highest BCUT2D eigenvalue weighted by Crippen LogP contribution is 2.21. The quantitative estimate of drug-likeness (QED) is 0.791. The lowest BCUT2D eigenvalue weighted by molar-refractivity contribution is -0.0212. The minimum Gasteiger partial charge on any atom is -0.376 e. The van der Waals surface area contributed by atoms with Crippen molar-refractivity contribution >= 4 is 11.6 Å². The Morgan fingerprint density at radius 1 is 1.56 bits per heavy atom. The Morgan fingerprint density at radius 2 is 2.31 bits per heavy atom. The summed E-state index contributed by atoms with van der Waals surface area (Å²) in [5.41, 5.74) is 2.16. The second-order valence-electron chi connectivity index (χ2n) is 4.39. The van der Waals surface area contributed by atoms with Gasteiger partial charge in [0, 0.05) is 32.2 Å². The molecule has 0 saturated carbocycles. The maximum absolute atomic E-state index is 6.21. The molecule has 1 atom stereocenters. The molecule has 0 aromatic carbocycles. The topological polar surface area (TPSA) is 30.3 Å². The molecule has 0 amide bonds. The zero-order valence-corrected chi connectivity index (χ0v) is 10.8. The van der Waals surface area contributed by atoms with E-state index in [0.717, 1.165) is 42.7 Å². The molecular weight excluding hydrogens is 226 g/mol. The van der Waals surface area contributed by atoms with Gasteiger partial charge >= 0.3 is 0 Å². The Kier molecular flexibility index (Phi) is 3.52. The van der Waals surface area contributed by atoms with E-state index in [1.807, 2.05) is 14.0 Å². The molecular formula is C11H18ClN3O. The van der Waals surface area contributed by atoms with Crippen molar-refractivity contribution < 1.29 is 4.74 Å². The number of hydrogen-bond donors (Lipinski definition) is 0. The molecule has 0 bridgehead atoms. The van der Waals surface area contributed by atoms with Crippen molar-refractivity contribution in [2.24, 2.45) is 7.05 Å². The zero-order chi connectivity index (χ0) is 11.7. The Morgan fingerprint density at radius 3 is 2.88 bits per heavy atom. The van der Waals surface area contributed by atoms with Gasteiger partial charge in [-0.2, -0.15) is 5.10 Å². The molecule has 4 nitrogen and oxygen atoms in total. The van der Waals surface area contributed by atoms with Crippen LogP contribution in [0.5, 0.6) is 0 Å². The van der Waals surface area contributed by atoms with Crippen LogP contribution in [0.25, 0.3) is 0 Å². The summed E-state index contributed by atoms with van der Waals surface area (Å²) >= 11 is 6.21. The molecule has 1 aromatic rings. The molecule has 2 heterocycles. The average molecular weight is 244 g/mol. The fourth-order valence-electron chi connectivity index (χ4n) is 2.11. The van der Waals surface area contributed by atoms with E-state index >= 15 is 0 Å². The molecule has 5 heteroatoms. The van der Waals surface area contributed by atoms with E-state index in [2.05, 4.69) is 16.9 Å². The van der Waals surface area contributed by atoms with Crippen molar-refractivity contribution in [1.29, 1.82) is 0 Å². The van der Waals surface area contributed by atoms with Crippen LogP contribution >= 0.6 is 11.6 Å². The molecule has 1 unspecified atom stereocenters. The maximum atomic E-state index is 6.21. The van der Waals surface area contributed by atoms with Crippen LogP contribution in [-0.2, 0) is 18.3 Å². The standard InChI is InChI=1S/C11H18ClN3O/c1-8-6-15(4-5-16-8)7-10-9(2)13-14(3)11(10)12/h8H,4-7H2,1-3H3. The SMILES string of the molecule is Cc1nn(C)c(Cl)c1CN1CCOC(C)C1. The lowest BCUT2D eigenvalue weighted by Crippen LogP contribution is -2.40. The molecule has 90 valence electrons. The molecule has 16 heavy (non-hydrogen) atoms. The number of aromatic nitrogens is 2. The van der Waals surface area contributed by atoms with Crippen LogP contribution in [0.3, 0.4) is 0 Å². The maximum Gasteiger partial charge on any atom is 0.131 e. The molecule has 1 aliphatic rings. The fourth-order valence-corrected chi connectivity index (χ4v) is 2.35. The first kappa shape index (κ1) is 11.9. The summed E-state index contributed by atoms with van der Waals surface area (Å²) in [7, 11) is 1.88. The number of halogens is 1. The molecule has 1 saturated heterocycles. The van der Waals surface area contributed by atoms with E-state index in [4.69, 9.17) is 16.3 Å². The Labute approximate surface area is 101 Å². The Balaban J connectivity index is 2.08. The van der Waals surface area contributed by atoms with Crippen molar-refractivity contribution in [1.82, 2.24) is 14.7 Å². The van der Waals surface area contributed by atoms with Gasteiger partial charge in [0.25, 0.3) is 0 Å². The van der Waals surface area contributed by atoms with Crippen LogP contribution in [0.4, 0.5) is 0 Å². The van der Waals surface area contributed by atoms with Gasteiger partial charge in [-0.25, -0.2) is 0 Å². The molecule has 0 N–H and O–H groups in total. The molecule has 1 aliphatic heterocycles. The van der Waals surface area contributed by atoms with E-state index in [1.165, 1.54) is 0 Å². The van der Waals surface area contributed by atoms with Gasteiger partial charge in [0.05, 0.1) is 18.4 Å². The second-order valence-corrected chi connectivity index (χ2v) is 4.75. The minimum atomic E-state index is 0.310.